The zero-order valence-corrected chi connectivity index (χ0v) is 17.9. The molecule has 3 heterocycles. The van der Waals surface area contributed by atoms with Gasteiger partial charge in [-0.05, 0) is 56.3 Å². The zero-order valence-electron chi connectivity index (χ0n) is 17.0. The third-order valence-corrected chi connectivity index (χ3v) is 7.57. The highest BCUT2D eigenvalue weighted by atomic mass is 32.2. The molecule has 3 aliphatic heterocycles. The van der Waals surface area contributed by atoms with Gasteiger partial charge in [0.1, 0.15) is 5.75 Å². The molecule has 1 spiro atoms. The second-order valence-corrected chi connectivity index (χ2v) is 9.10. The Morgan fingerprint density at radius 1 is 1.00 bits per heavy atom. The second kappa shape index (κ2) is 7.63. The molecule has 6 nitrogen and oxygen atoms in total. The number of thioether (sulfide) groups is 1. The lowest BCUT2D eigenvalue weighted by Gasteiger charge is -2.35. The van der Waals surface area contributed by atoms with E-state index in [9.17, 15) is 9.59 Å². The summed E-state index contributed by atoms with van der Waals surface area (Å²) in [7, 11) is 1.61. The maximum Gasteiger partial charge on any atom is 0.269 e. The first-order valence-corrected chi connectivity index (χ1v) is 11.4. The first-order chi connectivity index (χ1) is 14.6. The number of para-hydroxylation sites is 1. The van der Waals surface area contributed by atoms with Gasteiger partial charge >= 0.3 is 0 Å². The number of fused-ring (bicyclic) bond motifs is 2. The minimum atomic E-state index is -1.04. The van der Waals surface area contributed by atoms with Gasteiger partial charge in [-0.2, -0.15) is 0 Å². The molecule has 156 valence electrons. The predicted molar refractivity (Wildman–Crippen MR) is 119 cm³/mol. The van der Waals surface area contributed by atoms with Gasteiger partial charge < -0.3 is 4.74 Å². The first-order valence-electron chi connectivity index (χ1n) is 10.4. The minimum Gasteiger partial charge on any atom is -0.497 e. The summed E-state index contributed by atoms with van der Waals surface area (Å²) in [4.78, 5) is 31.9. The van der Waals surface area contributed by atoms with Crippen molar-refractivity contribution < 1.29 is 14.3 Å². The fourth-order valence-corrected chi connectivity index (χ4v) is 6.09. The summed E-state index contributed by atoms with van der Waals surface area (Å²) in [5.41, 5.74) is 2.53. The van der Waals surface area contributed by atoms with Crippen LogP contribution in [0.4, 0.5) is 11.4 Å². The van der Waals surface area contributed by atoms with Gasteiger partial charge in [-0.25, -0.2) is 0 Å². The molecule has 0 unspecified atom stereocenters. The number of anilines is 2. The van der Waals surface area contributed by atoms with Crippen LogP contribution in [-0.4, -0.2) is 49.3 Å². The van der Waals surface area contributed by atoms with E-state index in [-0.39, 0.29) is 17.6 Å². The number of ether oxygens (including phenoxy) is 1. The van der Waals surface area contributed by atoms with Gasteiger partial charge in [0.05, 0.1) is 25.2 Å². The Hall–Kier alpha value is -2.51. The summed E-state index contributed by atoms with van der Waals surface area (Å²) >= 11 is 1.43. The first kappa shape index (κ1) is 19.5. The van der Waals surface area contributed by atoms with E-state index in [2.05, 4.69) is 4.90 Å². The third-order valence-electron chi connectivity index (χ3n) is 6.18. The smallest absolute Gasteiger partial charge is 0.269 e. The Bertz CT molecular complexity index is 974. The fourth-order valence-electron chi connectivity index (χ4n) is 4.73. The van der Waals surface area contributed by atoms with Crippen LogP contribution in [0.3, 0.4) is 0 Å². The van der Waals surface area contributed by atoms with Crippen molar-refractivity contribution in [3.8, 4) is 5.75 Å². The van der Waals surface area contributed by atoms with Crippen LogP contribution in [0.2, 0.25) is 0 Å². The van der Waals surface area contributed by atoms with E-state index < -0.39 is 4.87 Å². The van der Waals surface area contributed by atoms with E-state index in [1.807, 2.05) is 53.4 Å². The maximum atomic E-state index is 14.0. The van der Waals surface area contributed by atoms with Gasteiger partial charge in [0.25, 0.3) is 5.91 Å². The number of hydrogen-bond acceptors (Lipinski definition) is 5. The number of benzene rings is 2. The van der Waals surface area contributed by atoms with Crippen molar-refractivity contribution in [1.82, 2.24) is 4.90 Å². The van der Waals surface area contributed by atoms with Crippen LogP contribution in [0.5, 0.6) is 5.75 Å². The van der Waals surface area contributed by atoms with Crippen LogP contribution in [0, 0.1) is 0 Å². The summed E-state index contributed by atoms with van der Waals surface area (Å²) in [5, 5.41) is 0. The lowest BCUT2D eigenvalue weighted by molar-refractivity contribution is -0.124. The fraction of sp³-hybridized carbons (Fsp3) is 0.391. The SMILES string of the molecule is COc1ccc(N2C(=O)CS[C@@]23C(=O)N(CN2CCCCC2)c2ccccc23)cc1. The molecule has 7 heteroatoms. The molecule has 2 aromatic rings. The molecule has 0 saturated carbocycles. The Kier molecular flexibility index (Phi) is 4.95. The van der Waals surface area contributed by atoms with Crippen molar-refractivity contribution in [2.45, 2.75) is 24.1 Å². The summed E-state index contributed by atoms with van der Waals surface area (Å²) in [6.45, 7) is 2.59. The topological polar surface area (TPSA) is 53.1 Å². The Balaban J connectivity index is 1.57. The molecular weight excluding hydrogens is 398 g/mol. The number of likely N-dealkylation sites (tertiary alicyclic amines) is 1. The van der Waals surface area contributed by atoms with Crippen LogP contribution in [0.1, 0.15) is 24.8 Å². The molecular formula is C23H25N3O3S. The zero-order chi connectivity index (χ0) is 20.7. The van der Waals surface area contributed by atoms with Crippen molar-refractivity contribution in [2.24, 2.45) is 0 Å². The maximum absolute atomic E-state index is 14.0. The number of hydrogen-bond donors (Lipinski definition) is 0. The van der Waals surface area contributed by atoms with Gasteiger partial charge in [-0.1, -0.05) is 24.6 Å². The average Bonchev–Trinajstić information content (AvgIpc) is 3.26. The number of amides is 2. The second-order valence-electron chi connectivity index (χ2n) is 7.93. The highest BCUT2D eigenvalue weighted by Gasteiger charge is 2.61. The number of carbonyl (C=O) groups excluding carboxylic acids is 2. The third kappa shape index (κ3) is 2.91. The average molecular weight is 424 g/mol. The lowest BCUT2D eigenvalue weighted by Crippen LogP contribution is -2.52. The molecule has 5 rings (SSSR count). The molecule has 2 amide bonds. The molecule has 30 heavy (non-hydrogen) atoms. The van der Waals surface area contributed by atoms with E-state index in [1.54, 1.807) is 12.0 Å². The predicted octanol–water partition coefficient (Wildman–Crippen LogP) is 3.42. The Morgan fingerprint density at radius 2 is 1.73 bits per heavy atom. The summed E-state index contributed by atoms with van der Waals surface area (Å²) in [6, 6.07) is 15.3. The molecule has 1 atom stereocenters. The number of rotatable bonds is 4. The van der Waals surface area contributed by atoms with Gasteiger partial charge in [-0.3, -0.25) is 24.3 Å². The van der Waals surface area contributed by atoms with Crippen molar-refractivity contribution in [3.63, 3.8) is 0 Å². The molecule has 2 fully saturated rings. The summed E-state index contributed by atoms with van der Waals surface area (Å²) in [6.07, 6.45) is 3.58. The van der Waals surface area contributed by atoms with Gasteiger partial charge in [-0.15, -0.1) is 11.8 Å². The van der Waals surface area contributed by atoms with Crippen molar-refractivity contribution in [2.75, 3.05) is 42.4 Å². The molecule has 2 saturated heterocycles. The highest BCUT2D eigenvalue weighted by molar-refractivity contribution is 8.02. The standard InChI is InChI=1S/C23H25N3O3S/c1-29-18-11-9-17(10-12-18)26-21(27)15-30-23(26)19-7-3-4-8-20(19)25(22(23)28)16-24-13-5-2-6-14-24/h3-4,7-12H,2,5-6,13-16H2,1H3/t23-/m0/s1. The van der Waals surface area contributed by atoms with Crippen LogP contribution in [0.25, 0.3) is 0 Å². The molecule has 0 N–H and O–H groups in total. The Labute approximate surface area is 180 Å². The number of methoxy groups -OCH3 is 1. The minimum absolute atomic E-state index is 0.0269. The van der Waals surface area contributed by atoms with Crippen molar-refractivity contribution in [3.05, 3.63) is 54.1 Å². The van der Waals surface area contributed by atoms with E-state index in [0.29, 0.717) is 12.4 Å². The van der Waals surface area contributed by atoms with Crippen LogP contribution in [-0.2, 0) is 14.5 Å². The number of nitrogens with zero attached hydrogens (tertiary/aromatic N) is 3. The van der Waals surface area contributed by atoms with E-state index in [4.69, 9.17) is 4.74 Å². The van der Waals surface area contributed by atoms with E-state index in [0.717, 1.165) is 30.1 Å². The van der Waals surface area contributed by atoms with E-state index >= 15 is 0 Å². The largest absolute Gasteiger partial charge is 0.497 e. The summed E-state index contributed by atoms with van der Waals surface area (Å²) < 4.78 is 5.27. The highest BCUT2D eigenvalue weighted by Crippen LogP contribution is 2.55. The number of carbonyl (C=O) groups is 2. The van der Waals surface area contributed by atoms with Crippen LogP contribution < -0.4 is 14.5 Å². The molecule has 2 aromatic carbocycles. The summed E-state index contributed by atoms with van der Waals surface area (Å²) in [5.74, 6) is 0.926. The van der Waals surface area contributed by atoms with Gasteiger partial charge in [0.15, 0.2) is 0 Å². The lowest BCUT2D eigenvalue weighted by atomic mass is 10.0. The monoisotopic (exact) mass is 423 g/mol. The molecule has 0 radical (unpaired) electrons. The van der Waals surface area contributed by atoms with Crippen LogP contribution >= 0.6 is 11.8 Å². The van der Waals surface area contributed by atoms with Crippen LogP contribution in [0.15, 0.2) is 48.5 Å². The normalized spacial score (nSPS) is 24.0. The molecule has 0 aliphatic carbocycles. The number of piperidine rings is 1. The van der Waals surface area contributed by atoms with E-state index in [1.165, 1.54) is 31.0 Å². The van der Waals surface area contributed by atoms with Crippen molar-refractivity contribution >= 4 is 35.0 Å². The quantitative estimate of drug-likeness (QED) is 0.754. The molecule has 0 aromatic heterocycles. The molecule has 0 bridgehead atoms. The Morgan fingerprint density at radius 3 is 2.47 bits per heavy atom. The molecule has 3 aliphatic rings. The van der Waals surface area contributed by atoms with Gasteiger partial charge in [0, 0.05) is 11.3 Å². The van der Waals surface area contributed by atoms with Gasteiger partial charge in [0.2, 0.25) is 10.8 Å². The van der Waals surface area contributed by atoms with Crippen molar-refractivity contribution in [1.29, 1.82) is 0 Å².